The summed E-state index contributed by atoms with van der Waals surface area (Å²) in [5.74, 6) is -0.310. The lowest BCUT2D eigenvalue weighted by molar-refractivity contribution is -0.122. The number of benzene rings is 1. The zero-order valence-corrected chi connectivity index (χ0v) is 13.1. The molecule has 0 heterocycles. The molecule has 3 amide bonds. The predicted molar refractivity (Wildman–Crippen MR) is 86.4 cm³/mol. The normalized spacial score (nSPS) is 17.3. The third kappa shape index (κ3) is 4.84. The standard InChI is InChI=1S/C17H25N3O2/c1-18-17(22)20-16(21)15(13-9-5-4-6-10-13)19-14-11-7-2-3-8-12-14/h4-6,9-10,14-15,19H,2-3,7-8,11-12H2,1H3,(H2,18,20,21,22)/t15-/m1/s1. The molecule has 1 aliphatic rings. The minimum Gasteiger partial charge on any atom is -0.341 e. The third-order valence-corrected chi connectivity index (χ3v) is 4.12. The molecular weight excluding hydrogens is 278 g/mol. The molecule has 1 aromatic rings. The maximum absolute atomic E-state index is 12.4. The second-order valence-electron chi connectivity index (χ2n) is 5.77. The van der Waals surface area contributed by atoms with E-state index in [1.807, 2.05) is 30.3 Å². The van der Waals surface area contributed by atoms with Crippen LogP contribution in [-0.2, 0) is 4.79 Å². The predicted octanol–water partition coefficient (Wildman–Crippen LogP) is 2.50. The molecule has 1 fully saturated rings. The average Bonchev–Trinajstić information content (AvgIpc) is 2.81. The fraction of sp³-hybridized carbons (Fsp3) is 0.529. The molecule has 0 unspecified atom stereocenters. The Morgan fingerprint density at radius 3 is 2.27 bits per heavy atom. The van der Waals surface area contributed by atoms with E-state index in [-0.39, 0.29) is 5.91 Å². The SMILES string of the molecule is CNC(=O)NC(=O)[C@H](NC1CCCCCC1)c1ccccc1. The number of imide groups is 1. The van der Waals surface area contributed by atoms with Gasteiger partial charge in [-0.2, -0.15) is 0 Å². The highest BCUT2D eigenvalue weighted by Crippen LogP contribution is 2.21. The molecule has 0 saturated heterocycles. The average molecular weight is 303 g/mol. The molecule has 5 heteroatoms. The summed E-state index contributed by atoms with van der Waals surface area (Å²) in [5.41, 5.74) is 0.883. The Balaban J connectivity index is 2.10. The summed E-state index contributed by atoms with van der Waals surface area (Å²) in [5, 5.41) is 8.25. The molecule has 1 atom stereocenters. The van der Waals surface area contributed by atoms with Gasteiger partial charge in [0.15, 0.2) is 0 Å². The van der Waals surface area contributed by atoms with Crippen LogP contribution in [0.15, 0.2) is 30.3 Å². The first kappa shape index (κ1) is 16.5. The van der Waals surface area contributed by atoms with Crippen molar-refractivity contribution < 1.29 is 9.59 Å². The first-order chi connectivity index (χ1) is 10.7. The number of urea groups is 1. The summed E-state index contributed by atoms with van der Waals surface area (Å²) >= 11 is 0. The zero-order valence-electron chi connectivity index (χ0n) is 13.1. The topological polar surface area (TPSA) is 70.2 Å². The van der Waals surface area contributed by atoms with Crippen molar-refractivity contribution in [2.75, 3.05) is 7.05 Å². The van der Waals surface area contributed by atoms with Crippen LogP contribution in [0.2, 0.25) is 0 Å². The fourth-order valence-corrected chi connectivity index (χ4v) is 2.90. The lowest BCUT2D eigenvalue weighted by atomic mass is 10.0. The van der Waals surface area contributed by atoms with Gasteiger partial charge < -0.3 is 5.32 Å². The number of hydrogen-bond acceptors (Lipinski definition) is 3. The van der Waals surface area contributed by atoms with E-state index in [1.54, 1.807) is 0 Å². The molecule has 0 radical (unpaired) electrons. The Morgan fingerprint density at radius 2 is 1.68 bits per heavy atom. The van der Waals surface area contributed by atoms with Crippen molar-refractivity contribution in [1.29, 1.82) is 0 Å². The van der Waals surface area contributed by atoms with E-state index >= 15 is 0 Å². The molecule has 0 aliphatic heterocycles. The summed E-state index contributed by atoms with van der Waals surface area (Å²) in [7, 11) is 1.50. The number of hydrogen-bond donors (Lipinski definition) is 3. The van der Waals surface area contributed by atoms with Gasteiger partial charge in [-0.15, -0.1) is 0 Å². The second-order valence-corrected chi connectivity index (χ2v) is 5.77. The van der Waals surface area contributed by atoms with Gasteiger partial charge in [0, 0.05) is 13.1 Å². The summed E-state index contributed by atoms with van der Waals surface area (Å²) in [4.78, 5) is 23.9. The van der Waals surface area contributed by atoms with Crippen LogP contribution in [0.5, 0.6) is 0 Å². The molecular formula is C17H25N3O2. The summed E-state index contributed by atoms with van der Waals surface area (Å²) < 4.78 is 0. The van der Waals surface area contributed by atoms with Crippen LogP contribution in [0.4, 0.5) is 4.79 Å². The van der Waals surface area contributed by atoms with Crippen LogP contribution in [0, 0.1) is 0 Å². The van der Waals surface area contributed by atoms with Crippen molar-refractivity contribution in [2.45, 2.75) is 50.6 Å². The molecule has 0 bridgehead atoms. The van der Waals surface area contributed by atoms with Crippen LogP contribution >= 0.6 is 0 Å². The van der Waals surface area contributed by atoms with E-state index in [1.165, 1.54) is 32.7 Å². The molecule has 1 saturated carbocycles. The highest BCUT2D eigenvalue weighted by Gasteiger charge is 2.25. The third-order valence-electron chi connectivity index (χ3n) is 4.12. The number of amides is 3. The van der Waals surface area contributed by atoms with Crippen molar-refractivity contribution >= 4 is 11.9 Å². The molecule has 1 aliphatic carbocycles. The molecule has 0 aromatic heterocycles. The number of nitrogens with one attached hydrogen (secondary N) is 3. The smallest absolute Gasteiger partial charge is 0.321 e. The lowest BCUT2D eigenvalue weighted by Crippen LogP contribution is -2.46. The number of carbonyl (C=O) groups excluding carboxylic acids is 2. The van der Waals surface area contributed by atoms with Gasteiger partial charge in [-0.3, -0.25) is 15.4 Å². The van der Waals surface area contributed by atoms with Gasteiger partial charge in [-0.25, -0.2) is 4.79 Å². The van der Waals surface area contributed by atoms with Crippen molar-refractivity contribution in [2.24, 2.45) is 0 Å². The number of rotatable bonds is 4. The van der Waals surface area contributed by atoms with E-state index in [0.29, 0.717) is 6.04 Å². The molecule has 2 rings (SSSR count). The van der Waals surface area contributed by atoms with E-state index in [4.69, 9.17) is 0 Å². The highest BCUT2D eigenvalue weighted by molar-refractivity contribution is 5.97. The van der Waals surface area contributed by atoms with Gasteiger partial charge in [-0.1, -0.05) is 56.0 Å². The van der Waals surface area contributed by atoms with Gasteiger partial charge in [0.1, 0.15) is 6.04 Å². The molecule has 1 aromatic carbocycles. The molecule has 5 nitrogen and oxygen atoms in total. The minimum absolute atomic E-state index is 0.310. The largest absolute Gasteiger partial charge is 0.341 e. The fourth-order valence-electron chi connectivity index (χ4n) is 2.90. The first-order valence-electron chi connectivity index (χ1n) is 8.04. The van der Waals surface area contributed by atoms with Crippen molar-refractivity contribution in [3.05, 3.63) is 35.9 Å². The van der Waals surface area contributed by atoms with E-state index in [9.17, 15) is 9.59 Å². The van der Waals surface area contributed by atoms with Gasteiger partial charge in [0.25, 0.3) is 0 Å². The highest BCUT2D eigenvalue weighted by atomic mass is 16.2. The van der Waals surface area contributed by atoms with E-state index < -0.39 is 12.1 Å². The Labute approximate surface area is 131 Å². The Hall–Kier alpha value is -1.88. The van der Waals surface area contributed by atoms with Crippen LogP contribution < -0.4 is 16.0 Å². The van der Waals surface area contributed by atoms with Gasteiger partial charge in [0.05, 0.1) is 0 Å². The van der Waals surface area contributed by atoms with Crippen LogP contribution in [0.3, 0.4) is 0 Å². The maximum atomic E-state index is 12.4. The Morgan fingerprint density at radius 1 is 1.05 bits per heavy atom. The lowest BCUT2D eigenvalue weighted by Gasteiger charge is -2.24. The number of carbonyl (C=O) groups is 2. The van der Waals surface area contributed by atoms with E-state index in [0.717, 1.165) is 18.4 Å². The van der Waals surface area contributed by atoms with Gasteiger partial charge in [0.2, 0.25) is 5.91 Å². The van der Waals surface area contributed by atoms with Gasteiger partial charge >= 0.3 is 6.03 Å². The van der Waals surface area contributed by atoms with E-state index in [2.05, 4.69) is 16.0 Å². The molecule has 120 valence electrons. The Kier molecular flexibility index (Phi) is 6.40. The van der Waals surface area contributed by atoms with Crippen molar-refractivity contribution in [1.82, 2.24) is 16.0 Å². The van der Waals surface area contributed by atoms with Crippen LogP contribution in [-0.4, -0.2) is 25.0 Å². The molecule has 3 N–H and O–H groups in total. The summed E-state index contributed by atoms with van der Waals surface area (Å²) in [6.45, 7) is 0. The molecule has 0 spiro atoms. The quantitative estimate of drug-likeness (QED) is 0.748. The second kappa shape index (κ2) is 8.54. The van der Waals surface area contributed by atoms with Crippen LogP contribution in [0.25, 0.3) is 0 Å². The van der Waals surface area contributed by atoms with Crippen molar-refractivity contribution in [3.63, 3.8) is 0 Å². The summed E-state index contributed by atoms with van der Waals surface area (Å²) in [6.07, 6.45) is 7.07. The maximum Gasteiger partial charge on any atom is 0.321 e. The molecule has 22 heavy (non-hydrogen) atoms. The zero-order chi connectivity index (χ0) is 15.8. The van der Waals surface area contributed by atoms with Gasteiger partial charge in [-0.05, 0) is 18.4 Å². The van der Waals surface area contributed by atoms with Crippen molar-refractivity contribution in [3.8, 4) is 0 Å². The Bertz CT molecular complexity index is 482. The van der Waals surface area contributed by atoms with Crippen LogP contribution in [0.1, 0.15) is 50.1 Å². The first-order valence-corrected chi connectivity index (χ1v) is 8.04. The monoisotopic (exact) mass is 303 g/mol. The summed E-state index contributed by atoms with van der Waals surface area (Å²) in [6, 6.07) is 8.91. The minimum atomic E-state index is -0.499.